The van der Waals surface area contributed by atoms with Gasteiger partial charge >= 0.3 is 0 Å². The number of pyridine rings is 1. The number of nitrogens with one attached hydrogen (secondary N) is 2. The number of rotatable bonds is 5. The van der Waals surface area contributed by atoms with Crippen molar-refractivity contribution < 1.29 is 8.78 Å². The van der Waals surface area contributed by atoms with Gasteiger partial charge in [-0.1, -0.05) is 13.0 Å². The largest absolute Gasteiger partial charge is 0.368 e. The fourth-order valence-corrected chi connectivity index (χ4v) is 2.36. The van der Waals surface area contributed by atoms with Crippen LogP contribution in [0, 0.1) is 18.6 Å². The molecule has 0 aliphatic heterocycles. The van der Waals surface area contributed by atoms with E-state index in [0.29, 0.717) is 12.2 Å². The van der Waals surface area contributed by atoms with Crippen LogP contribution in [0.25, 0.3) is 0 Å². The van der Waals surface area contributed by atoms with Crippen LogP contribution >= 0.6 is 15.9 Å². The minimum Gasteiger partial charge on any atom is -0.368 e. The summed E-state index contributed by atoms with van der Waals surface area (Å²) in [5, 5.41) is 5.71. The molecule has 0 aliphatic rings. The Kier molecular flexibility index (Phi) is 5.12. The lowest BCUT2D eigenvalue weighted by molar-refractivity contribution is 0.579. The molecule has 0 spiro atoms. The van der Waals surface area contributed by atoms with Crippen LogP contribution < -0.4 is 10.6 Å². The average molecular weight is 356 g/mol. The molecule has 6 heteroatoms. The van der Waals surface area contributed by atoms with Gasteiger partial charge in [0, 0.05) is 17.1 Å². The van der Waals surface area contributed by atoms with Gasteiger partial charge in [-0.2, -0.15) is 0 Å². The van der Waals surface area contributed by atoms with E-state index in [-0.39, 0.29) is 11.6 Å². The molecule has 0 bridgehead atoms. The maximum absolute atomic E-state index is 13.8. The van der Waals surface area contributed by atoms with E-state index in [9.17, 15) is 8.78 Å². The number of nitrogens with zero attached hydrogens (tertiary/aromatic N) is 1. The number of halogens is 3. The van der Waals surface area contributed by atoms with Gasteiger partial charge in [0.2, 0.25) is 0 Å². The molecule has 0 saturated carbocycles. The van der Waals surface area contributed by atoms with Crippen molar-refractivity contribution in [2.45, 2.75) is 20.3 Å². The molecule has 0 aliphatic carbocycles. The van der Waals surface area contributed by atoms with Gasteiger partial charge < -0.3 is 10.6 Å². The zero-order chi connectivity index (χ0) is 15.4. The summed E-state index contributed by atoms with van der Waals surface area (Å²) in [4.78, 5) is 3.98. The molecule has 2 aromatic rings. The molecule has 0 radical (unpaired) electrons. The molecule has 1 heterocycles. The van der Waals surface area contributed by atoms with Crippen molar-refractivity contribution in [1.82, 2.24) is 4.98 Å². The van der Waals surface area contributed by atoms with Gasteiger partial charge in [0.25, 0.3) is 0 Å². The molecule has 2 N–H and O–H groups in total. The normalized spacial score (nSPS) is 10.5. The second kappa shape index (κ2) is 6.85. The van der Waals surface area contributed by atoms with Gasteiger partial charge in [-0.05, 0) is 47.0 Å². The van der Waals surface area contributed by atoms with Crippen LogP contribution in [0.5, 0.6) is 0 Å². The predicted octanol–water partition coefficient (Wildman–Crippen LogP) is 5.00. The van der Waals surface area contributed by atoms with E-state index in [1.54, 1.807) is 0 Å². The Morgan fingerprint density at radius 1 is 1.14 bits per heavy atom. The fraction of sp³-hybridized carbons (Fsp3) is 0.267. The van der Waals surface area contributed by atoms with Crippen molar-refractivity contribution in [3.05, 3.63) is 45.9 Å². The van der Waals surface area contributed by atoms with Crippen molar-refractivity contribution in [3.8, 4) is 0 Å². The lowest BCUT2D eigenvalue weighted by atomic mass is 10.2. The third-order valence-corrected chi connectivity index (χ3v) is 3.51. The Labute approximate surface area is 130 Å². The Hall–Kier alpha value is -1.69. The van der Waals surface area contributed by atoms with Gasteiger partial charge in [-0.3, -0.25) is 0 Å². The Morgan fingerprint density at radius 2 is 1.86 bits per heavy atom. The molecule has 1 aromatic heterocycles. The summed E-state index contributed by atoms with van der Waals surface area (Å²) in [5.41, 5.74) is 1.74. The van der Waals surface area contributed by atoms with Crippen LogP contribution in [-0.4, -0.2) is 11.5 Å². The quantitative estimate of drug-likeness (QED) is 0.792. The van der Waals surface area contributed by atoms with Crippen LogP contribution in [0.3, 0.4) is 0 Å². The number of aryl methyl sites for hydroxylation is 1. The van der Waals surface area contributed by atoms with Crippen LogP contribution in [0.4, 0.5) is 26.1 Å². The molecule has 112 valence electrons. The van der Waals surface area contributed by atoms with Crippen LogP contribution in [0.1, 0.15) is 18.9 Å². The third-order valence-electron chi connectivity index (χ3n) is 2.85. The van der Waals surface area contributed by atoms with Gasteiger partial charge in [0.15, 0.2) is 23.3 Å². The topological polar surface area (TPSA) is 37.0 Å². The highest BCUT2D eigenvalue weighted by Crippen LogP contribution is 2.28. The molecule has 2 rings (SSSR count). The molecule has 0 fully saturated rings. The molecular formula is C15H16BrF2N3. The van der Waals surface area contributed by atoms with Crippen molar-refractivity contribution >= 4 is 33.3 Å². The number of aromatic nitrogens is 1. The number of hydrogen-bond acceptors (Lipinski definition) is 3. The van der Waals surface area contributed by atoms with Gasteiger partial charge in [0.05, 0.1) is 5.69 Å². The Balaban J connectivity index is 2.30. The lowest BCUT2D eigenvalue weighted by Gasteiger charge is -2.12. The summed E-state index contributed by atoms with van der Waals surface area (Å²) in [6.45, 7) is 4.48. The standard InChI is InChI=1S/C15H16BrF2N3/c1-3-6-19-14-11(17)8-12(18)15(21-14)20-13-5-4-9(2)7-10(13)16/h4-5,7-8H,3,6H2,1-2H3,(H2,19,20,21). The van der Waals surface area contributed by atoms with Gasteiger partial charge in [-0.15, -0.1) is 0 Å². The van der Waals surface area contributed by atoms with Crippen molar-refractivity contribution in [2.24, 2.45) is 0 Å². The molecule has 0 amide bonds. The summed E-state index contributed by atoms with van der Waals surface area (Å²) in [5.74, 6) is -1.40. The SMILES string of the molecule is CCCNc1nc(Nc2ccc(C)cc2Br)c(F)cc1F. The summed E-state index contributed by atoms with van der Waals surface area (Å²) in [6, 6.07) is 6.43. The maximum Gasteiger partial charge on any atom is 0.169 e. The second-order valence-corrected chi connectivity index (χ2v) is 5.54. The van der Waals surface area contributed by atoms with Crippen molar-refractivity contribution in [1.29, 1.82) is 0 Å². The highest BCUT2D eigenvalue weighted by Gasteiger charge is 2.12. The van der Waals surface area contributed by atoms with E-state index in [1.165, 1.54) is 0 Å². The summed E-state index contributed by atoms with van der Waals surface area (Å²) in [6.07, 6.45) is 0.824. The molecule has 3 nitrogen and oxygen atoms in total. The minimum atomic E-state index is -0.734. The third kappa shape index (κ3) is 3.91. The van der Waals surface area contributed by atoms with Crippen LogP contribution in [0.2, 0.25) is 0 Å². The van der Waals surface area contributed by atoms with E-state index < -0.39 is 11.6 Å². The van der Waals surface area contributed by atoms with Gasteiger partial charge in [0.1, 0.15) is 0 Å². The van der Waals surface area contributed by atoms with E-state index in [2.05, 4.69) is 31.5 Å². The molecule has 0 saturated heterocycles. The molecule has 0 atom stereocenters. The molecule has 21 heavy (non-hydrogen) atoms. The summed E-state index contributed by atoms with van der Waals surface area (Å²) >= 11 is 3.40. The molecular weight excluding hydrogens is 340 g/mol. The average Bonchev–Trinajstić information content (AvgIpc) is 2.43. The van der Waals surface area contributed by atoms with Crippen molar-refractivity contribution in [2.75, 3.05) is 17.2 Å². The zero-order valence-corrected chi connectivity index (χ0v) is 13.4. The highest BCUT2D eigenvalue weighted by atomic mass is 79.9. The zero-order valence-electron chi connectivity index (χ0n) is 11.8. The molecule has 1 aromatic carbocycles. The fourth-order valence-electron chi connectivity index (χ4n) is 1.77. The Bertz CT molecular complexity index is 647. The van der Waals surface area contributed by atoms with Crippen LogP contribution in [0.15, 0.2) is 28.7 Å². The number of benzene rings is 1. The first kappa shape index (κ1) is 15.7. The summed E-state index contributed by atoms with van der Waals surface area (Å²) < 4.78 is 28.3. The first-order valence-corrected chi connectivity index (χ1v) is 7.43. The number of anilines is 3. The van der Waals surface area contributed by atoms with E-state index in [0.717, 1.165) is 22.5 Å². The van der Waals surface area contributed by atoms with Gasteiger partial charge in [-0.25, -0.2) is 13.8 Å². The monoisotopic (exact) mass is 355 g/mol. The van der Waals surface area contributed by atoms with E-state index in [4.69, 9.17) is 0 Å². The van der Waals surface area contributed by atoms with E-state index in [1.807, 2.05) is 32.0 Å². The predicted molar refractivity (Wildman–Crippen MR) is 85.1 cm³/mol. The first-order valence-electron chi connectivity index (χ1n) is 6.64. The smallest absolute Gasteiger partial charge is 0.169 e. The minimum absolute atomic E-state index is 0.0143. The van der Waals surface area contributed by atoms with Crippen LogP contribution in [-0.2, 0) is 0 Å². The Morgan fingerprint density at radius 3 is 2.52 bits per heavy atom. The summed E-state index contributed by atoms with van der Waals surface area (Å²) in [7, 11) is 0. The van der Waals surface area contributed by atoms with Crippen molar-refractivity contribution in [3.63, 3.8) is 0 Å². The number of hydrogen-bond donors (Lipinski definition) is 2. The maximum atomic E-state index is 13.8. The van der Waals surface area contributed by atoms with E-state index >= 15 is 0 Å². The second-order valence-electron chi connectivity index (χ2n) is 4.68. The first-order chi connectivity index (χ1) is 10.0. The lowest BCUT2D eigenvalue weighted by Crippen LogP contribution is -2.07. The molecule has 0 unspecified atom stereocenters. The highest BCUT2D eigenvalue weighted by molar-refractivity contribution is 9.10.